The lowest BCUT2D eigenvalue weighted by molar-refractivity contribution is -0.131. The van der Waals surface area contributed by atoms with Crippen molar-refractivity contribution < 1.29 is 9.53 Å². The zero-order valence-electron chi connectivity index (χ0n) is 16.4. The average Bonchev–Trinajstić information content (AvgIpc) is 2.72. The molecular formula is C18H31N7O2. The number of guanidine groups is 1. The summed E-state index contributed by atoms with van der Waals surface area (Å²) in [5.41, 5.74) is 0. The number of nitrogens with one attached hydrogen (secondary N) is 2. The maximum absolute atomic E-state index is 12.4. The van der Waals surface area contributed by atoms with Crippen molar-refractivity contribution in [2.24, 2.45) is 4.99 Å². The van der Waals surface area contributed by atoms with Crippen LogP contribution in [0.1, 0.15) is 20.3 Å². The van der Waals surface area contributed by atoms with Crippen molar-refractivity contribution in [3.8, 4) is 0 Å². The molecule has 2 heterocycles. The number of hydrogen-bond donors (Lipinski definition) is 2. The molecule has 9 heteroatoms. The Morgan fingerprint density at radius 3 is 2.59 bits per heavy atom. The topological polar surface area (TPSA) is 95.0 Å². The van der Waals surface area contributed by atoms with Crippen LogP contribution in [0.4, 0.5) is 5.95 Å². The maximum Gasteiger partial charge on any atom is 0.225 e. The van der Waals surface area contributed by atoms with Crippen LogP contribution in [-0.2, 0) is 9.53 Å². The van der Waals surface area contributed by atoms with Gasteiger partial charge in [0, 0.05) is 64.7 Å². The van der Waals surface area contributed by atoms with Crippen molar-refractivity contribution in [1.29, 1.82) is 0 Å². The van der Waals surface area contributed by atoms with Gasteiger partial charge >= 0.3 is 0 Å². The van der Waals surface area contributed by atoms with Crippen LogP contribution < -0.4 is 15.5 Å². The van der Waals surface area contributed by atoms with Gasteiger partial charge in [0.15, 0.2) is 5.96 Å². The van der Waals surface area contributed by atoms with E-state index >= 15 is 0 Å². The normalized spacial score (nSPS) is 15.0. The molecule has 1 aromatic rings. The predicted molar refractivity (Wildman–Crippen MR) is 106 cm³/mol. The molecule has 0 radical (unpaired) electrons. The van der Waals surface area contributed by atoms with E-state index in [0.29, 0.717) is 45.8 Å². The van der Waals surface area contributed by atoms with E-state index in [1.54, 1.807) is 18.5 Å². The molecule has 1 amide bonds. The molecule has 0 aliphatic carbocycles. The molecule has 0 bridgehead atoms. The maximum atomic E-state index is 12.4. The van der Waals surface area contributed by atoms with E-state index in [4.69, 9.17) is 4.74 Å². The summed E-state index contributed by atoms with van der Waals surface area (Å²) in [6, 6.07) is 1.80. The molecule has 1 aromatic heterocycles. The molecule has 150 valence electrons. The first kappa shape index (κ1) is 20.9. The Labute approximate surface area is 161 Å². The summed E-state index contributed by atoms with van der Waals surface area (Å²) >= 11 is 0. The highest BCUT2D eigenvalue weighted by atomic mass is 16.5. The Morgan fingerprint density at radius 2 is 1.93 bits per heavy atom. The van der Waals surface area contributed by atoms with Gasteiger partial charge in [-0.1, -0.05) is 0 Å². The van der Waals surface area contributed by atoms with Gasteiger partial charge in [-0.25, -0.2) is 9.97 Å². The number of piperazine rings is 1. The van der Waals surface area contributed by atoms with Crippen LogP contribution in [0.3, 0.4) is 0 Å². The van der Waals surface area contributed by atoms with Crippen LogP contribution in [0.5, 0.6) is 0 Å². The molecule has 0 atom stereocenters. The number of nitrogens with zero attached hydrogens (tertiary/aromatic N) is 5. The standard InChI is InChI=1S/C18H31N7O2/c1-3-19-17(21-10-15-27-4-2)20-9-6-16(26)24-11-13-25(14-12-24)18-22-7-5-8-23-18/h5,7-8H,3-4,6,9-15H2,1-2H3,(H2,19,20,21). The minimum absolute atomic E-state index is 0.154. The number of ether oxygens (including phenoxy) is 1. The highest BCUT2D eigenvalue weighted by Gasteiger charge is 2.22. The first-order chi connectivity index (χ1) is 13.2. The lowest BCUT2D eigenvalue weighted by atomic mass is 10.3. The van der Waals surface area contributed by atoms with Gasteiger partial charge in [-0.2, -0.15) is 0 Å². The van der Waals surface area contributed by atoms with E-state index in [1.807, 2.05) is 18.7 Å². The largest absolute Gasteiger partial charge is 0.380 e. The van der Waals surface area contributed by atoms with Gasteiger partial charge in [-0.3, -0.25) is 9.79 Å². The summed E-state index contributed by atoms with van der Waals surface area (Å²) in [6.07, 6.45) is 3.92. The minimum atomic E-state index is 0.154. The summed E-state index contributed by atoms with van der Waals surface area (Å²) in [5, 5.41) is 6.38. The third kappa shape index (κ3) is 7.38. The second-order valence-corrected chi connectivity index (χ2v) is 6.05. The lowest BCUT2D eigenvalue weighted by Crippen LogP contribution is -2.50. The molecule has 1 aliphatic rings. The number of amides is 1. The van der Waals surface area contributed by atoms with Crippen molar-refractivity contribution >= 4 is 17.8 Å². The van der Waals surface area contributed by atoms with Crippen molar-refractivity contribution in [3.05, 3.63) is 18.5 Å². The predicted octanol–water partition coefficient (Wildman–Crippen LogP) is 0.107. The van der Waals surface area contributed by atoms with Crippen molar-refractivity contribution in [1.82, 2.24) is 25.5 Å². The molecule has 0 spiro atoms. The van der Waals surface area contributed by atoms with E-state index in [-0.39, 0.29) is 5.91 Å². The Morgan fingerprint density at radius 1 is 1.19 bits per heavy atom. The zero-order valence-corrected chi connectivity index (χ0v) is 16.4. The summed E-state index contributed by atoms with van der Waals surface area (Å²) in [4.78, 5) is 29.4. The number of aliphatic imine (C=N–C) groups is 1. The molecule has 0 aromatic carbocycles. The molecule has 9 nitrogen and oxygen atoms in total. The average molecular weight is 377 g/mol. The van der Waals surface area contributed by atoms with Crippen LogP contribution in [0.25, 0.3) is 0 Å². The number of carbonyl (C=O) groups is 1. The molecule has 0 unspecified atom stereocenters. The Hall–Kier alpha value is -2.42. The fraction of sp³-hybridized carbons (Fsp3) is 0.667. The van der Waals surface area contributed by atoms with Crippen molar-refractivity contribution in [3.63, 3.8) is 0 Å². The number of hydrogen-bond acceptors (Lipinski definition) is 6. The van der Waals surface area contributed by atoms with E-state index in [9.17, 15) is 4.79 Å². The second kappa shape index (κ2) is 12.1. The van der Waals surface area contributed by atoms with Gasteiger partial charge in [-0.15, -0.1) is 0 Å². The van der Waals surface area contributed by atoms with Crippen LogP contribution in [-0.4, -0.2) is 85.8 Å². The fourth-order valence-electron chi connectivity index (χ4n) is 2.76. The van der Waals surface area contributed by atoms with Gasteiger partial charge in [0.25, 0.3) is 0 Å². The zero-order chi connectivity index (χ0) is 19.3. The first-order valence-corrected chi connectivity index (χ1v) is 9.64. The number of carbonyl (C=O) groups excluding carboxylic acids is 1. The van der Waals surface area contributed by atoms with Crippen molar-refractivity contribution in [2.45, 2.75) is 20.3 Å². The van der Waals surface area contributed by atoms with E-state index in [2.05, 4.69) is 30.5 Å². The third-order valence-electron chi connectivity index (χ3n) is 4.15. The number of aromatic nitrogens is 2. The van der Waals surface area contributed by atoms with E-state index < -0.39 is 0 Å². The Bertz CT molecular complexity index is 574. The summed E-state index contributed by atoms with van der Waals surface area (Å²) in [6.45, 7) is 10.1. The monoisotopic (exact) mass is 377 g/mol. The van der Waals surface area contributed by atoms with Crippen LogP contribution in [0.15, 0.2) is 23.5 Å². The minimum Gasteiger partial charge on any atom is -0.380 e. The fourth-order valence-corrected chi connectivity index (χ4v) is 2.76. The summed E-state index contributed by atoms with van der Waals surface area (Å²) in [5.74, 6) is 1.60. The smallest absolute Gasteiger partial charge is 0.225 e. The molecular weight excluding hydrogens is 346 g/mol. The van der Waals surface area contributed by atoms with Crippen LogP contribution in [0, 0.1) is 0 Å². The van der Waals surface area contributed by atoms with Gasteiger partial charge in [0.2, 0.25) is 11.9 Å². The Balaban J connectivity index is 1.69. The molecule has 2 N–H and O–H groups in total. The summed E-state index contributed by atoms with van der Waals surface area (Å²) < 4.78 is 5.29. The lowest BCUT2D eigenvalue weighted by Gasteiger charge is -2.34. The summed E-state index contributed by atoms with van der Waals surface area (Å²) in [7, 11) is 0. The molecule has 27 heavy (non-hydrogen) atoms. The molecule has 1 saturated heterocycles. The van der Waals surface area contributed by atoms with Crippen LogP contribution in [0.2, 0.25) is 0 Å². The van der Waals surface area contributed by atoms with Gasteiger partial charge < -0.3 is 25.2 Å². The molecule has 2 rings (SSSR count). The van der Waals surface area contributed by atoms with E-state index in [1.165, 1.54) is 0 Å². The van der Waals surface area contributed by atoms with Crippen molar-refractivity contribution in [2.75, 3.05) is 63.9 Å². The molecule has 0 saturated carbocycles. The highest BCUT2D eigenvalue weighted by molar-refractivity contribution is 5.81. The quantitative estimate of drug-likeness (QED) is 0.358. The van der Waals surface area contributed by atoms with Crippen LogP contribution >= 0.6 is 0 Å². The van der Waals surface area contributed by atoms with E-state index in [0.717, 1.165) is 31.5 Å². The second-order valence-electron chi connectivity index (χ2n) is 6.05. The number of anilines is 1. The van der Waals surface area contributed by atoms with Gasteiger partial charge in [-0.05, 0) is 19.9 Å². The highest BCUT2D eigenvalue weighted by Crippen LogP contribution is 2.10. The first-order valence-electron chi connectivity index (χ1n) is 9.64. The molecule has 1 fully saturated rings. The Kier molecular flexibility index (Phi) is 9.33. The van der Waals surface area contributed by atoms with Gasteiger partial charge in [0.05, 0.1) is 13.2 Å². The van der Waals surface area contributed by atoms with Gasteiger partial charge in [0.1, 0.15) is 0 Å². The number of rotatable bonds is 9. The molecule has 1 aliphatic heterocycles. The SMILES string of the molecule is CCNC(=NCCOCC)NCCC(=O)N1CCN(c2ncccn2)CC1. The third-order valence-corrected chi connectivity index (χ3v) is 4.15.